The summed E-state index contributed by atoms with van der Waals surface area (Å²) >= 11 is 3.57. The van der Waals surface area contributed by atoms with Crippen LogP contribution in [0.4, 0.5) is 0 Å². The van der Waals surface area contributed by atoms with Gasteiger partial charge in [0.1, 0.15) is 11.6 Å². The smallest absolute Gasteiger partial charge is 0.405 e. The normalized spacial score (nSPS) is 15.7. The molecule has 2 aromatic heterocycles. The number of carbonyl (C=O) groups is 2. The fourth-order valence-electron chi connectivity index (χ4n) is 9.49. The van der Waals surface area contributed by atoms with E-state index in [9.17, 15) is 9.59 Å². The summed E-state index contributed by atoms with van der Waals surface area (Å²) in [5.41, 5.74) is 8.24. The van der Waals surface area contributed by atoms with Crippen LogP contribution in [0.3, 0.4) is 0 Å². The number of ketones is 2. The van der Waals surface area contributed by atoms with Crippen LogP contribution in [0, 0.1) is 0 Å². The molecule has 0 aliphatic carbocycles. The summed E-state index contributed by atoms with van der Waals surface area (Å²) in [5.74, 6) is 0.588. The van der Waals surface area contributed by atoms with Crippen LogP contribution in [0.2, 0.25) is 0 Å². The molecule has 12 nitrogen and oxygen atoms in total. The molecular formula is C80H124B3BrN2O10Pd. The van der Waals surface area contributed by atoms with Crippen LogP contribution in [-0.4, -0.2) is 89.5 Å². The first-order valence-electron chi connectivity index (χ1n) is 35.8. The molecule has 0 N–H and O–H groups in total. The first-order chi connectivity index (χ1) is 45.8. The van der Waals surface area contributed by atoms with Crippen molar-refractivity contribution < 1.29 is 67.4 Å². The molecule has 3 fully saturated rings. The van der Waals surface area contributed by atoms with Gasteiger partial charge in [0, 0.05) is 75.4 Å². The number of halogens is 1. The van der Waals surface area contributed by atoms with Crippen molar-refractivity contribution in [2.24, 2.45) is 0 Å². The minimum absolute atomic E-state index is 0. The van der Waals surface area contributed by atoms with Crippen LogP contribution in [0.5, 0.6) is 0 Å². The number of pyridine rings is 2. The van der Waals surface area contributed by atoms with Crippen molar-refractivity contribution in [3.8, 4) is 0 Å². The molecule has 17 heteroatoms. The van der Waals surface area contributed by atoms with Crippen molar-refractivity contribution in [3.05, 3.63) is 195 Å². The third-order valence-electron chi connectivity index (χ3n) is 17.1. The molecule has 0 radical (unpaired) electrons. The monoisotopic (exact) mass is 1490 g/mol. The van der Waals surface area contributed by atoms with Gasteiger partial charge in [0.2, 0.25) is 0 Å². The molecule has 4 aromatic carbocycles. The van der Waals surface area contributed by atoms with Gasteiger partial charge in [0.05, 0.1) is 60.0 Å². The summed E-state index contributed by atoms with van der Waals surface area (Å²) in [6.45, 7) is 51.0. The van der Waals surface area contributed by atoms with Gasteiger partial charge in [-0.25, -0.2) is 0 Å². The average Bonchev–Trinajstić information content (AvgIpc) is 1.66. The van der Waals surface area contributed by atoms with Gasteiger partial charge in [-0.3, -0.25) is 19.6 Å². The van der Waals surface area contributed by atoms with E-state index in [1.54, 1.807) is 12.4 Å². The second kappa shape index (κ2) is 48.4. The Morgan fingerprint density at radius 3 is 1.01 bits per heavy atom. The first-order valence-corrected chi connectivity index (χ1v) is 36.6. The van der Waals surface area contributed by atoms with Crippen LogP contribution >= 0.6 is 15.9 Å². The zero-order chi connectivity index (χ0) is 72.6. The van der Waals surface area contributed by atoms with Gasteiger partial charge in [-0.2, -0.15) is 0 Å². The number of hydrogen-bond acceptors (Lipinski definition) is 12. The van der Waals surface area contributed by atoms with E-state index in [0.717, 1.165) is 70.7 Å². The topological polar surface area (TPSA) is 134 Å². The molecule has 0 amide bonds. The molecule has 0 bridgehead atoms. The van der Waals surface area contributed by atoms with Crippen LogP contribution < -0.4 is 5.46 Å². The summed E-state index contributed by atoms with van der Waals surface area (Å²) in [6, 6.07) is 41.1. The second-order valence-corrected chi connectivity index (χ2v) is 26.0. The molecule has 0 atom stereocenters. The van der Waals surface area contributed by atoms with Gasteiger partial charge in [-0.05, 0) is 190 Å². The van der Waals surface area contributed by atoms with E-state index < -0.39 is 14.0 Å². The van der Waals surface area contributed by atoms with E-state index in [2.05, 4.69) is 126 Å². The summed E-state index contributed by atoms with van der Waals surface area (Å²) in [6.07, 6.45) is 14.2. The van der Waals surface area contributed by atoms with Crippen LogP contribution in [0.25, 0.3) is 0 Å². The number of ether oxygens (including phenoxy) is 2. The van der Waals surface area contributed by atoms with Crippen LogP contribution in [0.15, 0.2) is 151 Å². The molecule has 97 heavy (non-hydrogen) atoms. The maximum atomic E-state index is 12.3. The Morgan fingerprint density at radius 2 is 0.670 bits per heavy atom. The van der Waals surface area contributed by atoms with E-state index >= 15 is 0 Å². The zero-order valence-corrected chi connectivity index (χ0v) is 67.3. The Labute approximate surface area is 613 Å². The van der Waals surface area contributed by atoms with E-state index in [-0.39, 0.29) is 66.9 Å². The number of Topliss-reactive ketones (excluding diaryl/α,β-unsaturated/α-hetero) is 2. The Kier molecular flexibility index (Phi) is 46.2. The number of aromatic nitrogens is 2. The number of hydrogen-bond donors (Lipinski definition) is 0. The van der Waals surface area contributed by atoms with Gasteiger partial charge in [-0.15, -0.1) is 0 Å². The Hall–Kier alpha value is -4.46. The third kappa shape index (κ3) is 31.5. The number of benzene rings is 4. The summed E-state index contributed by atoms with van der Waals surface area (Å²) in [4.78, 5) is 32.6. The number of rotatable bonds is 24. The van der Waals surface area contributed by atoms with Gasteiger partial charge < -0.3 is 37.4 Å². The zero-order valence-electron chi connectivity index (χ0n) is 64.2. The molecule has 9 rings (SSSR count). The molecule has 3 aliphatic heterocycles. The second-order valence-electron chi connectivity index (χ2n) is 25.2. The minimum Gasteiger partial charge on any atom is -0.405 e. The Morgan fingerprint density at radius 1 is 0.371 bits per heavy atom. The van der Waals surface area contributed by atoms with Gasteiger partial charge >= 0.3 is 21.1 Å². The molecule has 5 heterocycles. The summed E-state index contributed by atoms with van der Waals surface area (Å²) in [5, 5.41) is 0. The Bertz CT molecular complexity index is 2950. The summed E-state index contributed by atoms with van der Waals surface area (Å²) in [7, 11) is -1.32. The van der Waals surface area contributed by atoms with E-state index in [1.165, 1.54) is 22.3 Å². The predicted octanol–water partition coefficient (Wildman–Crippen LogP) is 19.4. The van der Waals surface area contributed by atoms with Crippen molar-refractivity contribution in [2.75, 3.05) is 13.2 Å². The quantitative estimate of drug-likeness (QED) is 0.0422. The van der Waals surface area contributed by atoms with Crippen molar-refractivity contribution in [1.82, 2.24) is 9.97 Å². The fourth-order valence-corrected chi connectivity index (χ4v) is 9.97. The Balaban J connectivity index is 0.00000137. The van der Waals surface area contributed by atoms with Crippen molar-refractivity contribution >= 4 is 54.1 Å². The molecule has 6 aromatic rings. The largest absolute Gasteiger partial charge is 0.495 e. The van der Waals surface area contributed by atoms with Crippen LogP contribution in [0.1, 0.15) is 236 Å². The maximum Gasteiger partial charge on any atom is 0.495 e. The molecule has 0 spiro atoms. The van der Waals surface area contributed by atoms with Crippen molar-refractivity contribution in [2.45, 2.75) is 277 Å². The van der Waals surface area contributed by atoms with Gasteiger partial charge in [0.15, 0.2) is 0 Å². The molecule has 0 saturated carbocycles. The summed E-state index contributed by atoms with van der Waals surface area (Å²) < 4.78 is 49.3. The molecule has 540 valence electrons. The molecule has 0 unspecified atom stereocenters. The number of nitrogens with zero attached hydrogens (tertiary/aromatic N) is 2. The van der Waals surface area contributed by atoms with Gasteiger partial charge in [-0.1, -0.05) is 202 Å². The predicted molar refractivity (Wildman–Crippen MR) is 408 cm³/mol. The average molecular weight is 1490 g/mol. The first kappa shape index (κ1) is 92.5. The minimum atomic E-state index is -0.476. The van der Waals surface area contributed by atoms with Crippen molar-refractivity contribution in [3.63, 3.8) is 0 Å². The third-order valence-corrected chi connectivity index (χ3v) is 17.9. The maximum absolute atomic E-state index is 12.3. The standard InChI is InChI=1S/C31H38BNO4.C25H26BrNO2.C12H24B2O4.6C2H6.Pd/c1-30(2)31(3,4)37-32(36-30)29-10-6-5-9-27(29)19-21-35-23-26-13-11-24(12-14-26)15-17-28(34)18-16-25-8-7-20-33-22-25;26-25-6-2-1-5-23(25)15-17-29-19-22-9-7-20(8-10-22)11-13-24(28)14-12-21-4-3-16-27-18-21;1-9(2)10(3,4)16-13(15-9)14-17-11(5,6)12(7,8)18-14;6*1-2;/h5-14,20,22H,15-19,21,23H2,1-4H3;1-10,16,18H,11-15,17,19H2;1-8H3;6*1-2H3;. The van der Waals surface area contributed by atoms with Crippen molar-refractivity contribution in [1.29, 1.82) is 0 Å². The number of aryl methyl sites for hydroxylation is 4. The molecular weight excluding hydrogens is 1370 g/mol. The molecule has 3 saturated heterocycles. The van der Waals surface area contributed by atoms with E-state index in [1.807, 2.05) is 199 Å². The number of carbonyl (C=O) groups excluding carboxylic acids is 2. The van der Waals surface area contributed by atoms with E-state index in [4.69, 9.17) is 37.4 Å². The van der Waals surface area contributed by atoms with Gasteiger partial charge in [0.25, 0.3) is 0 Å². The SMILES string of the molecule is CC.CC.CC.CC.CC.CC.CC1(C)OB(B2OC(C)(C)C(C)(C)O2)OC1(C)C.CC1(C)OB(c2ccccc2CCOCc2ccc(CCC(=O)CCc3cccnc3)cc2)OC1(C)C.O=C(CCc1ccc(COCCc2ccccc2Br)cc1)CCc1cccnc1.[Pd]. The fraction of sp³-hybridized carbons (Fsp3) is 0.550. The van der Waals surface area contributed by atoms with Crippen LogP contribution in [-0.2, 0) is 119 Å². The molecule has 3 aliphatic rings. The van der Waals surface area contributed by atoms with E-state index in [0.29, 0.717) is 57.9 Å².